The van der Waals surface area contributed by atoms with Crippen LogP contribution >= 0.6 is 0 Å². The average Bonchev–Trinajstić information content (AvgIpc) is 2.97. The van der Waals surface area contributed by atoms with E-state index in [1.807, 2.05) is 0 Å². The highest BCUT2D eigenvalue weighted by atomic mass is 14.4. The Labute approximate surface area is 239 Å². The van der Waals surface area contributed by atoms with E-state index < -0.39 is 0 Å². The molecular formula is C39H52. The molecule has 0 saturated heterocycles. The van der Waals surface area contributed by atoms with Crippen LogP contribution in [0, 0.1) is 17.8 Å². The van der Waals surface area contributed by atoms with Crippen molar-refractivity contribution < 1.29 is 0 Å². The zero-order valence-corrected chi connectivity index (χ0v) is 25.3. The zero-order valence-electron chi connectivity index (χ0n) is 25.3. The van der Waals surface area contributed by atoms with Crippen molar-refractivity contribution in [2.75, 3.05) is 0 Å². The van der Waals surface area contributed by atoms with Gasteiger partial charge < -0.3 is 0 Å². The van der Waals surface area contributed by atoms with Crippen molar-refractivity contribution in [1.82, 2.24) is 0 Å². The van der Waals surface area contributed by atoms with Gasteiger partial charge in [0.1, 0.15) is 0 Å². The summed E-state index contributed by atoms with van der Waals surface area (Å²) < 4.78 is 0. The van der Waals surface area contributed by atoms with E-state index in [1.54, 1.807) is 11.1 Å². The lowest BCUT2D eigenvalue weighted by atomic mass is 9.66. The van der Waals surface area contributed by atoms with Gasteiger partial charge >= 0.3 is 0 Å². The van der Waals surface area contributed by atoms with Crippen molar-refractivity contribution in [3.05, 3.63) is 70.8 Å². The summed E-state index contributed by atoms with van der Waals surface area (Å²) in [4.78, 5) is 0. The van der Waals surface area contributed by atoms with E-state index in [2.05, 4.69) is 76.2 Å². The SMILES string of the molecule is CCCCCc1ccc2c3c(cccc13)C(C)(C)c1cc(C3CCC(C4CCC(CCC)CC4)CC3)ccc1-2. The first-order chi connectivity index (χ1) is 19.0. The molecule has 0 atom stereocenters. The van der Waals surface area contributed by atoms with Gasteiger partial charge in [0, 0.05) is 5.41 Å². The molecule has 0 N–H and O–H groups in total. The Bertz CT molecular complexity index is 1280. The molecule has 0 aromatic heterocycles. The molecule has 0 spiro atoms. The molecular weight excluding hydrogens is 468 g/mol. The molecule has 0 bridgehead atoms. The van der Waals surface area contributed by atoms with E-state index in [0.29, 0.717) is 0 Å². The highest BCUT2D eigenvalue weighted by Crippen LogP contribution is 2.51. The van der Waals surface area contributed by atoms with Crippen molar-refractivity contribution in [2.45, 2.75) is 129 Å². The number of hydrogen-bond acceptors (Lipinski definition) is 0. The molecule has 6 rings (SSSR count). The average molecular weight is 521 g/mol. The van der Waals surface area contributed by atoms with Crippen molar-refractivity contribution >= 4 is 10.8 Å². The molecule has 2 saturated carbocycles. The molecule has 0 heterocycles. The van der Waals surface area contributed by atoms with Crippen LogP contribution in [0.2, 0.25) is 0 Å². The van der Waals surface area contributed by atoms with E-state index >= 15 is 0 Å². The maximum Gasteiger partial charge on any atom is 0.0159 e. The molecule has 3 aliphatic rings. The molecule has 3 aliphatic carbocycles. The summed E-state index contributed by atoms with van der Waals surface area (Å²) in [6, 6.07) is 19.6. The van der Waals surface area contributed by atoms with Gasteiger partial charge in [0.25, 0.3) is 0 Å². The van der Waals surface area contributed by atoms with Gasteiger partial charge in [-0.05, 0) is 119 Å². The first-order valence-corrected chi connectivity index (χ1v) is 16.7. The van der Waals surface area contributed by atoms with Gasteiger partial charge in [-0.1, -0.05) is 115 Å². The maximum absolute atomic E-state index is 2.63. The Kier molecular flexibility index (Phi) is 7.94. The Morgan fingerprint density at radius 3 is 2.13 bits per heavy atom. The van der Waals surface area contributed by atoms with Crippen molar-refractivity contribution in [3.63, 3.8) is 0 Å². The van der Waals surface area contributed by atoms with Gasteiger partial charge in [0.2, 0.25) is 0 Å². The van der Waals surface area contributed by atoms with Gasteiger partial charge in [-0.25, -0.2) is 0 Å². The van der Waals surface area contributed by atoms with Gasteiger partial charge in [0.05, 0.1) is 0 Å². The third-order valence-electron chi connectivity index (χ3n) is 11.4. The first-order valence-electron chi connectivity index (χ1n) is 16.7. The number of fused-ring (bicyclic) bond motifs is 2. The molecule has 39 heavy (non-hydrogen) atoms. The van der Waals surface area contributed by atoms with Crippen molar-refractivity contribution in [1.29, 1.82) is 0 Å². The lowest BCUT2D eigenvalue weighted by molar-refractivity contribution is 0.156. The third-order valence-corrected chi connectivity index (χ3v) is 11.4. The fourth-order valence-corrected chi connectivity index (χ4v) is 8.99. The highest BCUT2D eigenvalue weighted by molar-refractivity contribution is 6.04. The normalized spacial score (nSPS) is 25.9. The second-order valence-electron chi connectivity index (χ2n) is 14.1. The molecule has 2 fully saturated rings. The lowest BCUT2D eigenvalue weighted by Crippen LogP contribution is -2.26. The minimum atomic E-state index is 0.0359. The van der Waals surface area contributed by atoms with Crippen LogP contribution < -0.4 is 0 Å². The van der Waals surface area contributed by atoms with Gasteiger partial charge in [-0.3, -0.25) is 0 Å². The number of rotatable bonds is 8. The van der Waals surface area contributed by atoms with E-state index in [4.69, 9.17) is 0 Å². The van der Waals surface area contributed by atoms with Gasteiger partial charge in [0.15, 0.2) is 0 Å². The quantitative estimate of drug-likeness (QED) is 0.259. The largest absolute Gasteiger partial charge is 0.0654 e. The van der Waals surface area contributed by atoms with Crippen LogP contribution in [0.1, 0.15) is 139 Å². The predicted octanol–water partition coefficient (Wildman–Crippen LogP) is 11.8. The van der Waals surface area contributed by atoms with Crippen LogP contribution in [0.5, 0.6) is 0 Å². The minimum absolute atomic E-state index is 0.0359. The number of unbranched alkanes of at least 4 members (excludes halogenated alkanes) is 2. The summed E-state index contributed by atoms with van der Waals surface area (Å²) in [5, 5.41) is 3.01. The summed E-state index contributed by atoms with van der Waals surface area (Å²) in [6.07, 6.45) is 19.7. The van der Waals surface area contributed by atoms with Gasteiger partial charge in [-0.15, -0.1) is 0 Å². The Hall–Kier alpha value is -2.08. The summed E-state index contributed by atoms with van der Waals surface area (Å²) in [7, 11) is 0. The van der Waals surface area contributed by atoms with Crippen LogP contribution in [0.25, 0.3) is 21.9 Å². The van der Waals surface area contributed by atoms with E-state index in [1.165, 1.54) is 123 Å². The second kappa shape index (κ2) is 11.4. The topological polar surface area (TPSA) is 0 Å². The number of hydrogen-bond donors (Lipinski definition) is 0. The molecule has 3 aromatic rings. The summed E-state index contributed by atoms with van der Waals surface area (Å²) in [5.74, 6) is 3.79. The second-order valence-corrected chi connectivity index (χ2v) is 14.1. The van der Waals surface area contributed by atoms with Crippen LogP contribution in [0.15, 0.2) is 48.5 Å². The molecule has 0 heteroatoms. The monoisotopic (exact) mass is 520 g/mol. The summed E-state index contributed by atoms with van der Waals surface area (Å²) >= 11 is 0. The van der Waals surface area contributed by atoms with Crippen LogP contribution in [0.3, 0.4) is 0 Å². The molecule has 0 nitrogen and oxygen atoms in total. The van der Waals surface area contributed by atoms with Crippen molar-refractivity contribution in [2.24, 2.45) is 17.8 Å². The minimum Gasteiger partial charge on any atom is -0.0654 e. The number of benzene rings is 3. The van der Waals surface area contributed by atoms with Crippen LogP contribution in [-0.4, -0.2) is 0 Å². The van der Waals surface area contributed by atoms with Gasteiger partial charge in [-0.2, -0.15) is 0 Å². The predicted molar refractivity (Wildman–Crippen MR) is 170 cm³/mol. The third kappa shape index (κ3) is 5.11. The molecule has 3 aromatic carbocycles. The summed E-state index contributed by atoms with van der Waals surface area (Å²) in [6.45, 7) is 9.61. The molecule has 0 radical (unpaired) electrons. The standard InChI is InChI=1S/C39H52/c1-5-7-8-11-31-22-25-35-34-24-23-32(26-37(34)39(3,4)36-13-9-12-33(31)38(35)36)30-20-18-29(19-21-30)28-16-14-27(10-6-2)15-17-28/h9,12-13,22-30H,5-8,10-11,14-21H2,1-4H3. The van der Waals surface area contributed by atoms with Crippen LogP contribution in [0.4, 0.5) is 0 Å². The summed E-state index contributed by atoms with van der Waals surface area (Å²) in [5.41, 5.74) is 9.20. The maximum atomic E-state index is 2.63. The molecule has 208 valence electrons. The Balaban J connectivity index is 1.23. The molecule has 0 aliphatic heterocycles. The molecule has 0 unspecified atom stereocenters. The van der Waals surface area contributed by atoms with E-state index in [9.17, 15) is 0 Å². The number of aryl methyl sites for hydroxylation is 1. The molecule has 0 amide bonds. The first kappa shape index (κ1) is 27.1. The zero-order chi connectivity index (χ0) is 27.0. The smallest absolute Gasteiger partial charge is 0.0159 e. The Morgan fingerprint density at radius 1 is 0.692 bits per heavy atom. The van der Waals surface area contributed by atoms with E-state index in [-0.39, 0.29) is 5.41 Å². The van der Waals surface area contributed by atoms with Crippen LogP contribution in [-0.2, 0) is 11.8 Å². The fraction of sp³-hybridized carbons (Fsp3) is 0.590. The Morgan fingerprint density at radius 2 is 1.41 bits per heavy atom. The van der Waals surface area contributed by atoms with E-state index in [0.717, 1.165) is 23.7 Å². The fourth-order valence-electron chi connectivity index (χ4n) is 8.99. The van der Waals surface area contributed by atoms with Crippen molar-refractivity contribution in [3.8, 4) is 11.1 Å². The highest BCUT2D eigenvalue weighted by Gasteiger charge is 2.35. The lowest BCUT2D eigenvalue weighted by Gasteiger charge is -2.39.